The Bertz CT molecular complexity index is 555. The van der Waals surface area contributed by atoms with Crippen molar-refractivity contribution in [1.82, 2.24) is 4.98 Å². The molecule has 0 radical (unpaired) electrons. The lowest BCUT2D eigenvalue weighted by Gasteiger charge is -2.12. The molecule has 1 atom stereocenters. The Morgan fingerprint density at radius 1 is 1.20 bits per heavy atom. The second-order valence-corrected chi connectivity index (χ2v) is 4.50. The lowest BCUT2D eigenvalue weighted by molar-refractivity contribution is 0.198. The fraction of sp³-hybridized carbons (Fsp3) is 0.312. The van der Waals surface area contributed by atoms with E-state index in [4.69, 9.17) is 9.47 Å². The summed E-state index contributed by atoms with van der Waals surface area (Å²) in [5.74, 6) is 1.76. The molecule has 4 nitrogen and oxygen atoms in total. The highest BCUT2D eigenvalue weighted by molar-refractivity contribution is 5.42. The van der Waals surface area contributed by atoms with Gasteiger partial charge in [0.2, 0.25) is 5.88 Å². The summed E-state index contributed by atoms with van der Waals surface area (Å²) < 4.78 is 11.4. The largest absolute Gasteiger partial charge is 0.490 e. The maximum atomic E-state index is 9.58. The van der Waals surface area contributed by atoms with E-state index in [-0.39, 0.29) is 0 Å². The van der Waals surface area contributed by atoms with Crippen LogP contribution in [-0.4, -0.2) is 16.7 Å². The van der Waals surface area contributed by atoms with Gasteiger partial charge in [0.1, 0.15) is 0 Å². The number of para-hydroxylation sites is 2. The first-order chi connectivity index (χ1) is 9.70. The molecule has 1 heterocycles. The Kier molecular flexibility index (Phi) is 4.96. The standard InChI is InChI=1S/C16H19NO3/c1-3-10-19-14-6-4-5-7-15(14)20-16-11-13(12(2)18)8-9-17-16/h4-9,11-12,18H,3,10H2,1-2H3. The third-order valence-electron chi connectivity index (χ3n) is 2.77. The Hall–Kier alpha value is -2.07. The molecule has 0 aliphatic rings. The molecule has 0 fully saturated rings. The number of pyridine rings is 1. The second kappa shape index (κ2) is 6.91. The highest BCUT2D eigenvalue weighted by Crippen LogP contribution is 2.31. The average Bonchev–Trinajstić information content (AvgIpc) is 2.46. The third-order valence-corrected chi connectivity index (χ3v) is 2.77. The van der Waals surface area contributed by atoms with Gasteiger partial charge in [0.15, 0.2) is 11.5 Å². The molecule has 1 unspecified atom stereocenters. The zero-order valence-corrected chi connectivity index (χ0v) is 11.7. The normalized spacial score (nSPS) is 11.9. The molecule has 4 heteroatoms. The van der Waals surface area contributed by atoms with E-state index in [2.05, 4.69) is 11.9 Å². The van der Waals surface area contributed by atoms with E-state index in [1.54, 1.807) is 25.3 Å². The smallest absolute Gasteiger partial charge is 0.219 e. The number of benzene rings is 1. The van der Waals surface area contributed by atoms with Crippen LogP contribution in [0.1, 0.15) is 31.9 Å². The van der Waals surface area contributed by atoms with E-state index in [9.17, 15) is 5.11 Å². The van der Waals surface area contributed by atoms with Gasteiger partial charge in [0.05, 0.1) is 12.7 Å². The van der Waals surface area contributed by atoms with Crippen molar-refractivity contribution in [2.24, 2.45) is 0 Å². The maximum absolute atomic E-state index is 9.58. The van der Waals surface area contributed by atoms with Crippen LogP contribution in [0.25, 0.3) is 0 Å². The molecule has 2 rings (SSSR count). The number of ether oxygens (including phenoxy) is 2. The fourth-order valence-electron chi connectivity index (χ4n) is 1.72. The monoisotopic (exact) mass is 273 g/mol. The number of rotatable bonds is 6. The van der Waals surface area contributed by atoms with Crippen LogP contribution in [0.2, 0.25) is 0 Å². The maximum Gasteiger partial charge on any atom is 0.219 e. The molecule has 0 saturated carbocycles. The zero-order chi connectivity index (χ0) is 14.4. The fourth-order valence-corrected chi connectivity index (χ4v) is 1.72. The molecular weight excluding hydrogens is 254 g/mol. The summed E-state index contributed by atoms with van der Waals surface area (Å²) in [5.41, 5.74) is 0.766. The van der Waals surface area contributed by atoms with E-state index >= 15 is 0 Å². The van der Waals surface area contributed by atoms with Crippen LogP contribution in [-0.2, 0) is 0 Å². The Morgan fingerprint density at radius 3 is 2.65 bits per heavy atom. The quantitative estimate of drug-likeness (QED) is 0.871. The highest BCUT2D eigenvalue weighted by atomic mass is 16.5. The van der Waals surface area contributed by atoms with Crippen LogP contribution in [0.15, 0.2) is 42.6 Å². The number of aliphatic hydroxyl groups excluding tert-OH is 1. The first-order valence-electron chi connectivity index (χ1n) is 6.74. The summed E-state index contributed by atoms with van der Waals surface area (Å²) >= 11 is 0. The Labute approximate surface area is 119 Å². The van der Waals surface area contributed by atoms with Crippen LogP contribution in [0.4, 0.5) is 0 Å². The van der Waals surface area contributed by atoms with Crippen molar-refractivity contribution >= 4 is 0 Å². The van der Waals surface area contributed by atoms with E-state index in [1.165, 1.54) is 0 Å². The van der Waals surface area contributed by atoms with Gasteiger partial charge in [-0.15, -0.1) is 0 Å². The van der Waals surface area contributed by atoms with Gasteiger partial charge in [-0.05, 0) is 37.1 Å². The van der Waals surface area contributed by atoms with Crippen molar-refractivity contribution in [2.75, 3.05) is 6.61 Å². The van der Waals surface area contributed by atoms with Gasteiger partial charge in [0.25, 0.3) is 0 Å². The molecule has 20 heavy (non-hydrogen) atoms. The van der Waals surface area contributed by atoms with Crippen LogP contribution < -0.4 is 9.47 Å². The number of nitrogens with zero attached hydrogens (tertiary/aromatic N) is 1. The highest BCUT2D eigenvalue weighted by Gasteiger charge is 2.08. The molecule has 1 aromatic carbocycles. The van der Waals surface area contributed by atoms with Crippen molar-refractivity contribution < 1.29 is 14.6 Å². The summed E-state index contributed by atoms with van der Waals surface area (Å²) in [4.78, 5) is 4.15. The topological polar surface area (TPSA) is 51.6 Å². The Balaban J connectivity index is 2.19. The molecule has 2 aromatic rings. The first-order valence-corrected chi connectivity index (χ1v) is 6.74. The van der Waals surface area contributed by atoms with Crippen molar-refractivity contribution in [3.05, 3.63) is 48.2 Å². The van der Waals surface area contributed by atoms with E-state index in [0.29, 0.717) is 24.0 Å². The van der Waals surface area contributed by atoms with Crippen LogP contribution in [0, 0.1) is 0 Å². The minimum absolute atomic E-state index is 0.441. The molecule has 0 saturated heterocycles. The van der Waals surface area contributed by atoms with Crippen molar-refractivity contribution in [2.45, 2.75) is 26.4 Å². The number of aromatic nitrogens is 1. The molecule has 106 valence electrons. The first kappa shape index (κ1) is 14.3. The van der Waals surface area contributed by atoms with Crippen LogP contribution >= 0.6 is 0 Å². The molecule has 0 bridgehead atoms. The lowest BCUT2D eigenvalue weighted by atomic mass is 10.2. The van der Waals surface area contributed by atoms with Crippen molar-refractivity contribution in [3.8, 4) is 17.4 Å². The van der Waals surface area contributed by atoms with Gasteiger partial charge < -0.3 is 14.6 Å². The summed E-state index contributed by atoms with van der Waals surface area (Å²) in [6.07, 6.45) is 2.00. The van der Waals surface area contributed by atoms with Gasteiger partial charge in [0, 0.05) is 12.3 Å². The second-order valence-electron chi connectivity index (χ2n) is 4.50. The van der Waals surface area contributed by atoms with Gasteiger partial charge in [-0.3, -0.25) is 0 Å². The summed E-state index contributed by atoms with van der Waals surface area (Å²) in [6, 6.07) is 11.0. The molecule has 0 aliphatic carbocycles. The molecule has 0 amide bonds. The molecule has 1 N–H and O–H groups in total. The number of aliphatic hydroxyl groups is 1. The average molecular weight is 273 g/mol. The number of hydrogen-bond donors (Lipinski definition) is 1. The third kappa shape index (κ3) is 3.71. The molecular formula is C16H19NO3. The minimum Gasteiger partial charge on any atom is -0.490 e. The van der Waals surface area contributed by atoms with Crippen molar-refractivity contribution in [1.29, 1.82) is 0 Å². The van der Waals surface area contributed by atoms with Gasteiger partial charge in [-0.25, -0.2) is 4.98 Å². The predicted octanol–water partition coefficient (Wildman–Crippen LogP) is 3.72. The summed E-state index contributed by atoms with van der Waals surface area (Å²) in [7, 11) is 0. The van der Waals surface area contributed by atoms with Crippen molar-refractivity contribution in [3.63, 3.8) is 0 Å². The molecule has 0 spiro atoms. The predicted molar refractivity (Wildman–Crippen MR) is 77.2 cm³/mol. The molecule has 1 aromatic heterocycles. The summed E-state index contributed by atoms with van der Waals surface area (Å²) in [5, 5.41) is 9.58. The lowest BCUT2D eigenvalue weighted by Crippen LogP contribution is -1.98. The number of hydrogen-bond acceptors (Lipinski definition) is 4. The SMILES string of the molecule is CCCOc1ccccc1Oc1cc(C(C)O)ccn1. The van der Waals surface area contributed by atoms with Crippen LogP contribution in [0.5, 0.6) is 17.4 Å². The molecule has 0 aliphatic heterocycles. The van der Waals surface area contributed by atoms with Gasteiger partial charge in [-0.2, -0.15) is 0 Å². The summed E-state index contributed by atoms with van der Waals surface area (Å²) in [6.45, 7) is 4.40. The van der Waals surface area contributed by atoms with Gasteiger partial charge in [-0.1, -0.05) is 19.1 Å². The van der Waals surface area contributed by atoms with E-state index in [1.807, 2.05) is 24.3 Å². The van der Waals surface area contributed by atoms with Gasteiger partial charge >= 0.3 is 0 Å². The minimum atomic E-state index is -0.549. The van der Waals surface area contributed by atoms with E-state index < -0.39 is 6.10 Å². The Morgan fingerprint density at radius 2 is 1.95 bits per heavy atom. The van der Waals surface area contributed by atoms with E-state index in [0.717, 1.165) is 12.0 Å². The van der Waals surface area contributed by atoms with Crippen LogP contribution in [0.3, 0.4) is 0 Å². The zero-order valence-electron chi connectivity index (χ0n) is 11.7.